The van der Waals surface area contributed by atoms with Gasteiger partial charge in [-0.1, -0.05) is 0 Å². The Morgan fingerprint density at radius 3 is 2.47 bits per heavy atom. The average molecular weight is 273 g/mol. The van der Waals surface area contributed by atoms with E-state index in [4.69, 9.17) is 10.5 Å². The molecule has 1 aromatic heterocycles. The summed E-state index contributed by atoms with van der Waals surface area (Å²) in [6.07, 6.45) is -4.70. The Morgan fingerprint density at radius 2 is 2.00 bits per heavy atom. The summed E-state index contributed by atoms with van der Waals surface area (Å²) in [6.45, 7) is 0. The number of halogens is 3. The molecule has 0 aliphatic rings. The van der Waals surface area contributed by atoms with E-state index in [-0.39, 0.29) is 17.1 Å². The molecule has 0 bridgehead atoms. The second-order valence-corrected chi connectivity index (χ2v) is 3.78. The van der Waals surface area contributed by atoms with E-state index in [1.165, 1.54) is 19.2 Å². The number of phenols is 1. The van der Waals surface area contributed by atoms with Crippen molar-refractivity contribution in [2.24, 2.45) is 0 Å². The van der Waals surface area contributed by atoms with Crippen LogP contribution in [0.1, 0.15) is 5.56 Å². The zero-order valence-electron chi connectivity index (χ0n) is 9.75. The quantitative estimate of drug-likeness (QED) is 0.784. The first-order chi connectivity index (χ1) is 8.82. The Balaban J connectivity index is 2.64. The lowest BCUT2D eigenvalue weighted by Gasteiger charge is -2.13. The Labute approximate surface area is 105 Å². The van der Waals surface area contributed by atoms with Crippen molar-refractivity contribution in [2.45, 2.75) is 6.18 Å². The van der Waals surface area contributed by atoms with Crippen molar-refractivity contribution >= 4 is 5.82 Å². The summed E-state index contributed by atoms with van der Waals surface area (Å²) in [4.78, 5) is 0. The molecule has 4 N–H and O–H groups in total. The monoisotopic (exact) mass is 273 g/mol. The minimum Gasteiger partial charge on any atom is -0.504 e. The van der Waals surface area contributed by atoms with Crippen molar-refractivity contribution < 1.29 is 23.0 Å². The molecule has 19 heavy (non-hydrogen) atoms. The first kappa shape index (κ1) is 13.1. The van der Waals surface area contributed by atoms with Gasteiger partial charge in [-0.05, 0) is 12.1 Å². The summed E-state index contributed by atoms with van der Waals surface area (Å²) in [6, 6.07) is 3.44. The van der Waals surface area contributed by atoms with Crippen LogP contribution in [0, 0.1) is 0 Å². The van der Waals surface area contributed by atoms with Crippen LogP contribution in [0.25, 0.3) is 11.3 Å². The van der Waals surface area contributed by atoms with E-state index in [0.29, 0.717) is 5.69 Å². The van der Waals surface area contributed by atoms with Crippen molar-refractivity contribution in [3.63, 3.8) is 0 Å². The second kappa shape index (κ2) is 4.38. The highest BCUT2D eigenvalue weighted by Gasteiger charge is 2.36. The summed E-state index contributed by atoms with van der Waals surface area (Å²) in [5.41, 5.74) is 4.66. The number of alkyl halides is 3. The third-order valence-electron chi connectivity index (χ3n) is 2.51. The number of anilines is 1. The van der Waals surface area contributed by atoms with Gasteiger partial charge in [-0.25, -0.2) is 0 Å². The van der Waals surface area contributed by atoms with Crippen LogP contribution in [0.4, 0.5) is 19.0 Å². The zero-order valence-corrected chi connectivity index (χ0v) is 9.75. The van der Waals surface area contributed by atoms with Crippen LogP contribution in [-0.2, 0) is 6.18 Å². The summed E-state index contributed by atoms with van der Waals surface area (Å²) in [5, 5.41) is 15.6. The molecule has 0 unspecified atom stereocenters. The molecule has 0 fully saturated rings. The van der Waals surface area contributed by atoms with Crippen LogP contribution >= 0.6 is 0 Å². The van der Waals surface area contributed by atoms with Crippen molar-refractivity contribution in [2.75, 3.05) is 12.8 Å². The van der Waals surface area contributed by atoms with Crippen LogP contribution in [0.15, 0.2) is 18.2 Å². The van der Waals surface area contributed by atoms with Crippen LogP contribution in [0.3, 0.4) is 0 Å². The van der Waals surface area contributed by atoms with E-state index in [0.717, 1.165) is 6.07 Å². The first-order valence-electron chi connectivity index (χ1n) is 5.12. The number of methoxy groups -OCH3 is 1. The van der Waals surface area contributed by atoms with Gasteiger partial charge in [-0.2, -0.15) is 18.3 Å². The number of aromatic hydroxyl groups is 1. The number of nitrogens with one attached hydrogen (secondary N) is 1. The summed E-state index contributed by atoms with van der Waals surface area (Å²) < 4.78 is 43.1. The van der Waals surface area contributed by atoms with Gasteiger partial charge in [0, 0.05) is 11.6 Å². The molecule has 0 radical (unpaired) electrons. The maximum absolute atomic E-state index is 12.8. The van der Waals surface area contributed by atoms with E-state index in [1.54, 1.807) is 0 Å². The molecule has 8 heteroatoms. The number of aromatic amines is 1. The highest BCUT2D eigenvalue weighted by molar-refractivity contribution is 5.68. The molecule has 0 amide bonds. The summed E-state index contributed by atoms with van der Waals surface area (Å²) in [7, 11) is 1.17. The van der Waals surface area contributed by atoms with Crippen LogP contribution in [0.2, 0.25) is 0 Å². The third-order valence-corrected chi connectivity index (χ3v) is 2.51. The van der Waals surface area contributed by atoms with Crippen LogP contribution < -0.4 is 10.5 Å². The van der Waals surface area contributed by atoms with Gasteiger partial charge in [-0.15, -0.1) is 0 Å². The predicted molar refractivity (Wildman–Crippen MR) is 61.7 cm³/mol. The Morgan fingerprint density at radius 1 is 1.32 bits per heavy atom. The molecule has 0 aliphatic heterocycles. The largest absolute Gasteiger partial charge is 0.504 e. The number of nitrogens with zero attached hydrogens (tertiary/aromatic N) is 1. The fraction of sp³-hybridized carbons (Fsp3) is 0.182. The molecular formula is C11H10F3N3O2. The maximum Gasteiger partial charge on any atom is 0.420 e. The molecule has 2 rings (SSSR count). The Bertz CT molecular complexity index is 608. The van der Waals surface area contributed by atoms with Gasteiger partial charge in [0.05, 0.1) is 12.8 Å². The maximum atomic E-state index is 12.8. The third kappa shape index (κ3) is 2.42. The Kier molecular flexibility index (Phi) is 3.01. The lowest BCUT2D eigenvalue weighted by molar-refractivity contribution is -0.138. The molecule has 0 saturated heterocycles. The molecule has 5 nitrogen and oxygen atoms in total. The van der Waals surface area contributed by atoms with E-state index in [2.05, 4.69) is 10.2 Å². The second-order valence-electron chi connectivity index (χ2n) is 3.78. The number of ether oxygens (including phenoxy) is 1. The van der Waals surface area contributed by atoms with Crippen molar-refractivity contribution in [3.8, 4) is 22.8 Å². The lowest BCUT2D eigenvalue weighted by atomic mass is 10.1. The highest BCUT2D eigenvalue weighted by atomic mass is 19.4. The molecule has 102 valence electrons. The predicted octanol–water partition coefficient (Wildman–Crippen LogP) is 2.39. The number of phenolic OH excluding ortho intramolecular Hbond substituents is 1. The first-order valence-corrected chi connectivity index (χ1v) is 5.12. The fourth-order valence-electron chi connectivity index (χ4n) is 1.62. The number of nitrogen functional groups attached to an aromatic ring is 1. The van der Waals surface area contributed by atoms with E-state index in [9.17, 15) is 18.3 Å². The average Bonchev–Trinajstić information content (AvgIpc) is 2.74. The number of nitrogens with two attached hydrogens (primary N) is 1. The standard InChI is InChI=1S/C11H10F3N3O2/c1-19-8-3-5(7-4-9(15)17-16-7)2-6(10(8)18)11(12,13)14/h2-4,18H,1H3,(H3,15,16,17). The minimum atomic E-state index is -4.70. The molecule has 0 saturated carbocycles. The number of hydrogen-bond donors (Lipinski definition) is 3. The number of hydrogen-bond acceptors (Lipinski definition) is 4. The zero-order chi connectivity index (χ0) is 14.2. The van der Waals surface area contributed by atoms with Gasteiger partial charge in [-0.3, -0.25) is 5.10 Å². The minimum absolute atomic E-state index is 0.149. The molecule has 0 atom stereocenters. The number of aromatic nitrogens is 2. The Hall–Kier alpha value is -2.38. The normalized spacial score (nSPS) is 11.6. The van der Waals surface area contributed by atoms with E-state index in [1.807, 2.05) is 0 Å². The topological polar surface area (TPSA) is 84.2 Å². The van der Waals surface area contributed by atoms with Gasteiger partial charge in [0.15, 0.2) is 11.5 Å². The smallest absolute Gasteiger partial charge is 0.420 e. The van der Waals surface area contributed by atoms with Crippen LogP contribution in [-0.4, -0.2) is 22.4 Å². The molecule has 1 heterocycles. The molecule has 1 aromatic carbocycles. The fourth-order valence-corrected chi connectivity index (χ4v) is 1.62. The number of rotatable bonds is 2. The van der Waals surface area contributed by atoms with Crippen molar-refractivity contribution in [1.29, 1.82) is 0 Å². The summed E-state index contributed by atoms with van der Waals surface area (Å²) in [5.74, 6) is -1.08. The van der Waals surface area contributed by atoms with Crippen molar-refractivity contribution in [1.82, 2.24) is 10.2 Å². The number of benzene rings is 1. The number of H-pyrrole nitrogens is 1. The molecule has 0 aliphatic carbocycles. The molecular weight excluding hydrogens is 263 g/mol. The van der Waals surface area contributed by atoms with E-state index >= 15 is 0 Å². The van der Waals surface area contributed by atoms with Gasteiger partial charge >= 0.3 is 6.18 Å². The molecule has 0 spiro atoms. The van der Waals surface area contributed by atoms with Gasteiger partial charge < -0.3 is 15.6 Å². The van der Waals surface area contributed by atoms with Gasteiger partial charge in [0.25, 0.3) is 0 Å². The van der Waals surface area contributed by atoms with Gasteiger partial charge in [0.1, 0.15) is 11.4 Å². The van der Waals surface area contributed by atoms with Crippen LogP contribution in [0.5, 0.6) is 11.5 Å². The van der Waals surface area contributed by atoms with Gasteiger partial charge in [0.2, 0.25) is 0 Å². The lowest BCUT2D eigenvalue weighted by Crippen LogP contribution is -2.06. The summed E-state index contributed by atoms with van der Waals surface area (Å²) >= 11 is 0. The highest BCUT2D eigenvalue weighted by Crippen LogP contribution is 2.43. The van der Waals surface area contributed by atoms with E-state index < -0.39 is 17.5 Å². The SMILES string of the molecule is COc1cc(-c2cc(N)n[nH]2)cc(C(F)(F)F)c1O. The molecule has 2 aromatic rings. The van der Waals surface area contributed by atoms with Crippen molar-refractivity contribution in [3.05, 3.63) is 23.8 Å².